The molecule has 3 aromatic rings. The molecule has 0 radical (unpaired) electrons. The fourth-order valence-corrected chi connectivity index (χ4v) is 2.88. The summed E-state index contributed by atoms with van der Waals surface area (Å²) in [5.74, 6) is -0.881. The molecule has 0 saturated carbocycles. The van der Waals surface area contributed by atoms with Crippen LogP contribution in [-0.2, 0) is 16.1 Å². The van der Waals surface area contributed by atoms with Crippen LogP contribution in [-0.4, -0.2) is 24.1 Å². The molecule has 2 aromatic carbocycles. The molecule has 1 atom stereocenters. The third-order valence-corrected chi connectivity index (χ3v) is 4.24. The van der Waals surface area contributed by atoms with Crippen molar-refractivity contribution in [3.8, 4) is 0 Å². The summed E-state index contributed by atoms with van der Waals surface area (Å²) in [4.78, 5) is 24.2. The molecule has 0 spiro atoms. The molecular weight excluding hydrogens is 344 g/mol. The first-order chi connectivity index (χ1) is 12.1. The van der Waals surface area contributed by atoms with Crippen molar-refractivity contribution >= 4 is 28.6 Å². The van der Waals surface area contributed by atoms with Gasteiger partial charge in [0.2, 0.25) is 5.91 Å². The summed E-state index contributed by atoms with van der Waals surface area (Å²) in [5, 5.41) is 3.34. The number of benzene rings is 2. The van der Waals surface area contributed by atoms with Crippen LogP contribution in [0.25, 0.3) is 11.1 Å². The SMILES string of the molecule is CO[C@@H](CNC(=O)Cn1c(=O)oc2ccccc21)c1ccccc1Cl. The zero-order chi connectivity index (χ0) is 17.8. The van der Waals surface area contributed by atoms with Gasteiger partial charge in [-0.3, -0.25) is 9.36 Å². The van der Waals surface area contributed by atoms with Crippen molar-refractivity contribution in [3.05, 3.63) is 69.7 Å². The van der Waals surface area contributed by atoms with Gasteiger partial charge in [-0.05, 0) is 18.2 Å². The predicted molar refractivity (Wildman–Crippen MR) is 94.7 cm³/mol. The number of aromatic nitrogens is 1. The van der Waals surface area contributed by atoms with Gasteiger partial charge >= 0.3 is 5.76 Å². The highest BCUT2D eigenvalue weighted by molar-refractivity contribution is 6.31. The topological polar surface area (TPSA) is 73.5 Å². The Bertz CT molecular complexity index is 947. The largest absolute Gasteiger partial charge is 0.420 e. The summed E-state index contributed by atoms with van der Waals surface area (Å²) in [5.41, 5.74) is 1.82. The zero-order valence-corrected chi connectivity index (χ0v) is 14.3. The van der Waals surface area contributed by atoms with E-state index < -0.39 is 5.76 Å². The van der Waals surface area contributed by atoms with Gasteiger partial charge in [-0.15, -0.1) is 0 Å². The Morgan fingerprint density at radius 2 is 1.96 bits per heavy atom. The van der Waals surface area contributed by atoms with Crippen LogP contribution in [0, 0.1) is 0 Å². The Kier molecular flexibility index (Phi) is 5.21. The number of halogens is 1. The molecule has 0 saturated heterocycles. The molecule has 0 aliphatic rings. The van der Waals surface area contributed by atoms with Crippen molar-refractivity contribution in [2.24, 2.45) is 0 Å². The van der Waals surface area contributed by atoms with Crippen molar-refractivity contribution < 1.29 is 13.9 Å². The lowest BCUT2D eigenvalue weighted by Crippen LogP contribution is -2.34. The van der Waals surface area contributed by atoms with E-state index in [0.29, 0.717) is 16.1 Å². The maximum absolute atomic E-state index is 12.2. The van der Waals surface area contributed by atoms with Crippen LogP contribution in [0.5, 0.6) is 0 Å². The lowest BCUT2D eigenvalue weighted by atomic mass is 10.1. The van der Waals surface area contributed by atoms with Crippen LogP contribution < -0.4 is 11.1 Å². The lowest BCUT2D eigenvalue weighted by molar-refractivity contribution is -0.122. The van der Waals surface area contributed by atoms with Crippen LogP contribution in [0.3, 0.4) is 0 Å². The maximum Gasteiger partial charge on any atom is 0.420 e. The highest BCUT2D eigenvalue weighted by Crippen LogP contribution is 2.24. The first kappa shape index (κ1) is 17.3. The van der Waals surface area contributed by atoms with Gasteiger partial charge in [0.15, 0.2) is 5.58 Å². The number of methoxy groups -OCH3 is 1. The van der Waals surface area contributed by atoms with Gasteiger partial charge in [0.25, 0.3) is 0 Å². The number of rotatable bonds is 6. The fraction of sp³-hybridized carbons (Fsp3) is 0.222. The number of oxazole rings is 1. The number of carbonyl (C=O) groups excluding carboxylic acids is 1. The minimum Gasteiger partial charge on any atom is -0.408 e. The third kappa shape index (κ3) is 3.75. The van der Waals surface area contributed by atoms with Crippen LogP contribution in [0.15, 0.2) is 57.7 Å². The second kappa shape index (κ2) is 7.55. The van der Waals surface area contributed by atoms with Crippen molar-refractivity contribution in [2.75, 3.05) is 13.7 Å². The second-order valence-corrected chi connectivity index (χ2v) is 5.88. The van der Waals surface area contributed by atoms with E-state index in [4.69, 9.17) is 20.8 Å². The predicted octanol–water partition coefficient (Wildman–Crippen LogP) is 2.75. The van der Waals surface area contributed by atoms with E-state index in [2.05, 4.69) is 5.32 Å². The van der Waals surface area contributed by atoms with E-state index in [1.807, 2.05) is 18.2 Å². The van der Waals surface area contributed by atoms with Crippen molar-refractivity contribution in [3.63, 3.8) is 0 Å². The number of hydrogen-bond acceptors (Lipinski definition) is 4. The summed E-state index contributed by atoms with van der Waals surface area (Å²) in [6, 6.07) is 14.3. The number of hydrogen-bond donors (Lipinski definition) is 1. The summed E-state index contributed by atoms with van der Waals surface area (Å²) in [6.07, 6.45) is -0.379. The monoisotopic (exact) mass is 360 g/mol. The first-order valence-electron chi connectivity index (χ1n) is 7.72. The molecule has 1 N–H and O–H groups in total. The molecule has 0 bridgehead atoms. The summed E-state index contributed by atoms with van der Waals surface area (Å²) < 4.78 is 11.8. The Balaban J connectivity index is 1.69. The standard InChI is InChI=1S/C18H17ClN2O4/c1-24-16(12-6-2-3-7-13(12)19)10-20-17(22)11-21-14-8-4-5-9-15(14)25-18(21)23/h2-9,16H,10-11H2,1H3,(H,20,22)/t16-/m0/s1. The van der Waals surface area contributed by atoms with E-state index in [-0.39, 0.29) is 25.1 Å². The number of carbonyl (C=O) groups is 1. The summed E-state index contributed by atoms with van der Waals surface area (Å²) >= 11 is 6.16. The van der Waals surface area contributed by atoms with Crippen LogP contribution >= 0.6 is 11.6 Å². The number of amides is 1. The minimum absolute atomic E-state index is 0.130. The van der Waals surface area contributed by atoms with Gasteiger partial charge in [-0.1, -0.05) is 41.9 Å². The van der Waals surface area contributed by atoms with E-state index in [0.717, 1.165) is 5.56 Å². The highest BCUT2D eigenvalue weighted by Gasteiger charge is 2.16. The van der Waals surface area contributed by atoms with Crippen LogP contribution in [0.1, 0.15) is 11.7 Å². The first-order valence-corrected chi connectivity index (χ1v) is 8.10. The number of nitrogens with zero attached hydrogens (tertiary/aromatic N) is 1. The Labute approximate surface area is 149 Å². The van der Waals surface area contributed by atoms with Gasteiger partial charge in [0.1, 0.15) is 12.6 Å². The number of ether oxygens (including phenoxy) is 1. The molecule has 130 valence electrons. The van der Waals surface area contributed by atoms with E-state index in [1.165, 1.54) is 4.57 Å². The fourth-order valence-electron chi connectivity index (χ4n) is 2.63. The number of fused-ring (bicyclic) bond motifs is 1. The summed E-state index contributed by atoms with van der Waals surface area (Å²) in [7, 11) is 1.55. The van der Waals surface area contributed by atoms with Gasteiger partial charge in [0, 0.05) is 24.2 Å². The summed E-state index contributed by atoms with van der Waals surface area (Å²) in [6.45, 7) is 0.110. The van der Waals surface area contributed by atoms with E-state index in [1.54, 1.807) is 37.4 Å². The average Bonchev–Trinajstić information content (AvgIpc) is 2.92. The van der Waals surface area contributed by atoms with Gasteiger partial charge in [0.05, 0.1) is 5.52 Å². The number of para-hydroxylation sites is 2. The zero-order valence-electron chi connectivity index (χ0n) is 13.6. The molecule has 1 amide bonds. The van der Waals surface area contributed by atoms with E-state index in [9.17, 15) is 9.59 Å². The Hall–Kier alpha value is -2.57. The van der Waals surface area contributed by atoms with Crippen LogP contribution in [0.4, 0.5) is 0 Å². The van der Waals surface area contributed by atoms with Gasteiger partial charge in [-0.25, -0.2) is 4.79 Å². The van der Waals surface area contributed by atoms with Gasteiger partial charge in [-0.2, -0.15) is 0 Å². The molecule has 1 aromatic heterocycles. The molecule has 0 fully saturated rings. The molecular formula is C18H17ClN2O4. The Morgan fingerprint density at radius 3 is 2.72 bits per heavy atom. The second-order valence-electron chi connectivity index (χ2n) is 5.47. The lowest BCUT2D eigenvalue weighted by Gasteiger charge is -2.17. The number of nitrogens with one attached hydrogen (secondary N) is 1. The molecule has 25 heavy (non-hydrogen) atoms. The molecule has 7 heteroatoms. The average molecular weight is 361 g/mol. The molecule has 0 aliphatic heterocycles. The van der Waals surface area contributed by atoms with Crippen LogP contribution in [0.2, 0.25) is 5.02 Å². The molecule has 3 rings (SSSR count). The van der Waals surface area contributed by atoms with E-state index >= 15 is 0 Å². The third-order valence-electron chi connectivity index (χ3n) is 3.90. The van der Waals surface area contributed by atoms with Crippen molar-refractivity contribution in [2.45, 2.75) is 12.6 Å². The van der Waals surface area contributed by atoms with Crippen molar-refractivity contribution in [1.29, 1.82) is 0 Å². The maximum atomic E-state index is 12.2. The Morgan fingerprint density at radius 1 is 1.24 bits per heavy atom. The highest BCUT2D eigenvalue weighted by atomic mass is 35.5. The molecule has 6 nitrogen and oxygen atoms in total. The normalized spacial score (nSPS) is 12.2. The molecule has 0 aliphatic carbocycles. The smallest absolute Gasteiger partial charge is 0.408 e. The molecule has 1 heterocycles. The quantitative estimate of drug-likeness (QED) is 0.733. The van der Waals surface area contributed by atoms with Crippen molar-refractivity contribution in [1.82, 2.24) is 9.88 Å². The minimum atomic E-state index is -0.564. The molecule has 0 unspecified atom stereocenters. The van der Waals surface area contributed by atoms with Gasteiger partial charge < -0.3 is 14.5 Å².